The number of imidazole rings is 1. The predicted molar refractivity (Wildman–Crippen MR) is 76.1 cm³/mol. The Kier molecular flexibility index (Phi) is 4.64. The van der Waals surface area contributed by atoms with Crippen molar-refractivity contribution in [2.75, 3.05) is 31.1 Å². The molecule has 2 heterocycles. The summed E-state index contributed by atoms with van der Waals surface area (Å²) >= 11 is 0. The number of aromatic nitrogens is 2. The third kappa shape index (κ3) is 3.05. The number of nitrogens with one attached hydrogen (secondary N) is 1. The van der Waals surface area contributed by atoms with Gasteiger partial charge in [0.1, 0.15) is 0 Å². The van der Waals surface area contributed by atoms with E-state index < -0.39 is 0 Å². The Bertz CT molecular complexity index is 366. The normalized spacial score (nSPS) is 17.1. The van der Waals surface area contributed by atoms with Gasteiger partial charge in [-0.1, -0.05) is 6.92 Å². The van der Waals surface area contributed by atoms with E-state index in [9.17, 15) is 0 Å². The van der Waals surface area contributed by atoms with Crippen LogP contribution in [-0.4, -0.2) is 35.7 Å². The van der Waals surface area contributed by atoms with Crippen LogP contribution in [0.3, 0.4) is 0 Å². The molecule has 0 aromatic carbocycles. The monoisotopic (exact) mass is 250 g/mol. The SMILES string of the molecule is CCc1cn(C)c(N(CC)CC2CCNCC2)n1. The number of aryl methyl sites for hydroxylation is 2. The molecule has 1 aromatic rings. The highest BCUT2D eigenvalue weighted by molar-refractivity contribution is 5.33. The molecule has 1 saturated heterocycles. The molecule has 2 rings (SSSR count). The van der Waals surface area contributed by atoms with Gasteiger partial charge >= 0.3 is 0 Å². The molecule has 0 radical (unpaired) electrons. The Labute approximate surface area is 110 Å². The van der Waals surface area contributed by atoms with Gasteiger partial charge in [0, 0.05) is 26.3 Å². The summed E-state index contributed by atoms with van der Waals surface area (Å²) in [6.07, 6.45) is 5.75. The van der Waals surface area contributed by atoms with Gasteiger partial charge in [-0.05, 0) is 45.2 Å². The fourth-order valence-corrected chi connectivity index (χ4v) is 2.71. The smallest absolute Gasteiger partial charge is 0.205 e. The molecule has 1 aliphatic heterocycles. The summed E-state index contributed by atoms with van der Waals surface area (Å²) in [4.78, 5) is 7.16. The van der Waals surface area contributed by atoms with Crippen molar-refractivity contribution in [2.24, 2.45) is 13.0 Å². The van der Waals surface area contributed by atoms with Crippen LogP contribution in [0.5, 0.6) is 0 Å². The summed E-state index contributed by atoms with van der Waals surface area (Å²) in [6, 6.07) is 0. The minimum Gasteiger partial charge on any atom is -0.342 e. The van der Waals surface area contributed by atoms with E-state index in [-0.39, 0.29) is 0 Å². The summed E-state index contributed by atoms with van der Waals surface area (Å²) in [5, 5.41) is 3.43. The lowest BCUT2D eigenvalue weighted by Crippen LogP contribution is -2.37. The first-order valence-corrected chi connectivity index (χ1v) is 7.22. The summed E-state index contributed by atoms with van der Waals surface area (Å²) in [6.45, 7) is 8.91. The molecule has 1 N–H and O–H groups in total. The first-order chi connectivity index (χ1) is 8.74. The first-order valence-electron chi connectivity index (χ1n) is 7.22. The lowest BCUT2D eigenvalue weighted by atomic mass is 9.98. The summed E-state index contributed by atoms with van der Waals surface area (Å²) in [5.74, 6) is 1.95. The fourth-order valence-electron chi connectivity index (χ4n) is 2.71. The van der Waals surface area contributed by atoms with E-state index in [1.165, 1.54) is 31.6 Å². The summed E-state index contributed by atoms with van der Waals surface area (Å²) < 4.78 is 2.17. The first kappa shape index (κ1) is 13.4. The average Bonchev–Trinajstić information content (AvgIpc) is 2.78. The van der Waals surface area contributed by atoms with Gasteiger partial charge in [-0.25, -0.2) is 4.98 Å². The Morgan fingerprint density at radius 3 is 2.67 bits per heavy atom. The molecule has 0 bridgehead atoms. The van der Waals surface area contributed by atoms with Gasteiger partial charge in [0.05, 0.1) is 5.69 Å². The second-order valence-corrected chi connectivity index (χ2v) is 5.23. The van der Waals surface area contributed by atoms with E-state index in [1.807, 2.05) is 0 Å². The Morgan fingerprint density at radius 2 is 2.11 bits per heavy atom. The maximum atomic E-state index is 4.74. The molecule has 0 spiro atoms. The minimum atomic E-state index is 0.813. The Hall–Kier alpha value is -1.03. The lowest BCUT2D eigenvalue weighted by molar-refractivity contribution is 0.373. The van der Waals surface area contributed by atoms with Gasteiger partial charge in [-0.3, -0.25) is 0 Å². The van der Waals surface area contributed by atoms with Crippen LogP contribution < -0.4 is 10.2 Å². The zero-order valence-corrected chi connectivity index (χ0v) is 11.9. The molecule has 1 aliphatic rings. The highest BCUT2D eigenvalue weighted by Crippen LogP contribution is 2.19. The van der Waals surface area contributed by atoms with Crippen molar-refractivity contribution in [3.8, 4) is 0 Å². The minimum absolute atomic E-state index is 0.813. The third-order valence-corrected chi connectivity index (χ3v) is 3.87. The maximum Gasteiger partial charge on any atom is 0.205 e. The highest BCUT2D eigenvalue weighted by atomic mass is 15.3. The van der Waals surface area contributed by atoms with E-state index >= 15 is 0 Å². The van der Waals surface area contributed by atoms with E-state index in [2.05, 4.69) is 41.9 Å². The Morgan fingerprint density at radius 1 is 1.39 bits per heavy atom. The standard InChI is InChI=1S/C14H26N4/c1-4-13-11-17(3)14(16-13)18(5-2)10-12-6-8-15-9-7-12/h11-12,15H,4-10H2,1-3H3. The number of piperidine rings is 1. The van der Waals surface area contributed by atoms with Crippen molar-refractivity contribution in [1.29, 1.82) is 0 Å². The maximum absolute atomic E-state index is 4.74. The van der Waals surface area contributed by atoms with Crippen LogP contribution in [0.1, 0.15) is 32.4 Å². The number of rotatable bonds is 5. The average molecular weight is 250 g/mol. The molecule has 0 saturated carbocycles. The molecular formula is C14H26N4. The molecule has 0 amide bonds. The van der Waals surface area contributed by atoms with Crippen LogP contribution in [0.15, 0.2) is 6.20 Å². The molecular weight excluding hydrogens is 224 g/mol. The van der Waals surface area contributed by atoms with Crippen molar-refractivity contribution in [1.82, 2.24) is 14.9 Å². The highest BCUT2D eigenvalue weighted by Gasteiger charge is 2.19. The second-order valence-electron chi connectivity index (χ2n) is 5.23. The van der Waals surface area contributed by atoms with Gasteiger partial charge in [0.25, 0.3) is 0 Å². The molecule has 102 valence electrons. The summed E-state index contributed by atoms with van der Waals surface area (Å²) in [7, 11) is 2.10. The number of hydrogen-bond acceptors (Lipinski definition) is 3. The van der Waals surface area contributed by atoms with Gasteiger partial charge in [-0.2, -0.15) is 0 Å². The van der Waals surface area contributed by atoms with E-state index in [0.717, 1.165) is 31.4 Å². The molecule has 4 nitrogen and oxygen atoms in total. The van der Waals surface area contributed by atoms with Crippen LogP contribution >= 0.6 is 0 Å². The largest absolute Gasteiger partial charge is 0.342 e. The molecule has 0 atom stereocenters. The fraction of sp³-hybridized carbons (Fsp3) is 0.786. The van der Waals surface area contributed by atoms with Gasteiger partial charge in [-0.15, -0.1) is 0 Å². The third-order valence-electron chi connectivity index (χ3n) is 3.87. The molecule has 0 aliphatic carbocycles. The quantitative estimate of drug-likeness (QED) is 0.865. The molecule has 18 heavy (non-hydrogen) atoms. The topological polar surface area (TPSA) is 33.1 Å². The van der Waals surface area contributed by atoms with Gasteiger partial charge in [0.15, 0.2) is 0 Å². The van der Waals surface area contributed by atoms with Crippen LogP contribution in [0.4, 0.5) is 5.95 Å². The van der Waals surface area contributed by atoms with E-state index in [0.29, 0.717) is 0 Å². The van der Waals surface area contributed by atoms with Crippen molar-refractivity contribution in [2.45, 2.75) is 33.1 Å². The van der Waals surface area contributed by atoms with Crippen molar-refractivity contribution < 1.29 is 0 Å². The predicted octanol–water partition coefficient (Wildman–Crippen LogP) is 1.81. The molecule has 4 heteroatoms. The van der Waals surface area contributed by atoms with E-state index in [1.54, 1.807) is 0 Å². The summed E-state index contributed by atoms with van der Waals surface area (Å²) in [5.41, 5.74) is 1.19. The number of anilines is 1. The molecule has 0 unspecified atom stereocenters. The van der Waals surface area contributed by atoms with Crippen LogP contribution in [0, 0.1) is 5.92 Å². The lowest BCUT2D eigenvalue weighted by Gasteiger charge is -2.30. The second kappa shape index (κ2) is 6.23. The van der Waals surface area contributed by atoms with E-state index in [4.69, 9.17) is 4.98 Å². The van der Waals surface area contributed by atoms with Crippen molar-refractivity contribution >= 4 is 5.95 Å². The van der Waals surface area contributed by atoms with Gasteiger partial charge in [0.2, 0.25) is 5.95 Å². The zero-order valence-electron chi connectivity index (χ0n) is 11.9. The van der Waals surface area contributed by atoms with Crippen LogP contribution in [0.2, 0.25) is 0 Å². The van der Waals surface area contributed by atoms with Crippen LogP contribution in [0.25, 0.3) is 0 Å². The van der Waals surface area contributed by atoms with Crippen molar-refractivity contribution in [3.05, 3.63) is 11.9 Å². The Balaban J connectivity index is 2.04. The number of nitrogens with zero attached hydrogens (tertiary/aromatic N) is 3. The number of hydrogen-bond donors (Lipinski definition) is 1. The van der Waals surface area contributed by atoms with Crippen molar-refractivity contribution in [3.63, 3.8) is 0 Å². The van der Waals surface area contributed by atoms with Crippen LogP contribution in [-0.2, 0) is 13.5 Å². The molecule has 1 fully saturated rings. The van der Waals surface area contributed by atoms with Gasteiger partial charge < -0.3 is 14.8 Å². The molecule has 1 aromatic heterocycles. The zero-order chi connectivity index (χ0) is 13.0.